The smallest absolute Gasteiger partial charge is 0.227 e. The third kappa shape index (κ3) is 3.22. The zero-order valence-electron chi connectivity index (χ0n) is 13.4. The summed E-state index contributed by atoms with van der Waals surface area (Å²) in [6, 6.07) is 16.1. The molecule has 0 fully saturated rings. The summed E-state index contributed by atoms with van der Waals surface area (Å²) in [4.78, 5) is 8.98. The molecule has 0 saturated carbocycles. The molecule has 0 bridgehead atoms. The Morgan fingerprint density at radius 1 is 1.00 bits per heavy atom. The Labute approximate surface area is 136 Å². The van der Waals surface area contributed by atoms with E-state index in [9.17, 15) is 0 Å². The second-order valence-electron chi connectivity index (χ2n) is 5.50. The summed E-state index contributed by atoms with van der Waals surface area (Å²) in [6.45, 7) is 4.69. The van der Waals surface area contributed by atoms with E-state index in [1.54, 1.807) is 6.20 Å². The summed E-state index contributed by atoms with van der Waals surface area (Å²) >= 11 is 0. The quantitative estimate of drug-likeness (QED) is 0.765. The van der Waals surface area contributed by atoms with Crippen molar-refractivity contribution in [3.05, 3.63) is 71.4 Å². The number of nitrogens with one attached hydrogen (secondary N) is 1. The van der Waals surface area contributed by atoms with Crippen LogP contribution in [-0.4, -0.2) is 9.97 Å². The Morgan fingerprint density at radius 2 is 1.83 bits per heavy atom. The number of nitrogens with two attached hydrogens (primary N) is 1. The van der Waals surface area contributed by atoms with Gasteiger partial charge in [-0.25, -0.2) is 9.97 Å². The van der Waals surface area contributed by atoms with Gasteiger partial charge in [0.05, 0.1) is 5.69 Å². The molecule has 116 valence electrons. The molecule has 3 rings (SSSR count). The maximum absolute atomic E-state index is 5.78. The molecule has 23 heavy (non-hydrogen) atoms. The predicted molar refractivity (Wildman–Crippen MR) is 94.6 cm³/mol. The van der Waals surface area contributed by atoms with Crippen LogP contribution in [0.1, 0.15) is 16.7 Å². The zero-order valence-corrected chi connectivity index (χ0v) is 13.4. The van der Waals surface area contributed by atoms with E-state index in [1.165, 1.54) is 11.1 Å². The van der Waals surface area contributed by atoms with Crippen molar-refractivity contribution in [1.82, 2.24) is 9.97 Å². The SMILES string of the molecule is Cc1cccc(-c2ccnc(Nc3ccccc3CN)n2)c1C. The highest BCUT2D eigenvalue weighted by atomic mass is 15.1. The number of anilines is 2. The molecule has 2 aromatic carbocycles. The zero-order chi connectivity index (χ0) is 16.2. The fourth-order valence-electron chi connectivity index (χ4n) is 2.54. The number of aryl methyl sites for hydroxylation is 1. The highest BCUT2D eigenvalue weighted by molar-refractivity contribution is 5.67. The van der Waals surface area contributed by atoms with Crippen molar-refractivity contribution in [1.29, 1.82) is 0 Å². The van der Waals surface area contributed by atoms with E-state index < -0.39 is 0 Å². The summed E-state index contributed by atoms with van der Waals surface area (Å²) in [6.07, 6.45) is 1.78. The lowest BCUT2D eigenvalue weighted by molar-refractivity contribution is 1.07. The maximum Gasteiger partial charge on any atom is 0.227 e. The molecule has 0 spiro atoms. The number of benzene rings is 2. The van der Waals surface area contributed by atoms with Crippen molar-refractivity contribution in [2.24, 2.45) is 5.73 Å². The lowest BCUT2D eigenvalue weighted by Crippen LogP contribution is -2.04. The first-order valence-electron chi connectivity index (χ1n) is 7.63. The molecule has 0 unspecified atom stereocenters. The summed E-state index contributed by atoms with van der Waals surface area (Å²) in [7, 11) is 0. The molecule has 0 saturated heterocycles. The lowest BCUT2D eigenvalue weighted by Gasteiger charge is -2.11. The predicted octanol–water partition coefficient (Wildman–Crippen LogP) is 3.96. The van der Waals surface area contributed by atoms with Crippen molar-refractivity contribution in [3.63, 3.8) is 0 Å². The number of rotatable bonds is 4. The molecular weight excluding hydrogens is 284 g/mol. The van der Waals surface area contributed by atoms with Crippen LogP contribution in [0.15, 0.2) is 54.7 Å². The van der Waals surface area contributed by atoms with Crippen molar-refractivity contribution in [2.75, 3.05) is 5.32 Å². The first kappa shape index (κ1) is 15.2. The van der Waals surface area contributed by atoms with Crippen molar-refractivity contribution in [2.45, 2.75) is 20.4 Å². The number of hydrogen-bond donors (Lipinski definition) is 2. The molecule has 0 aliphatic heterocycles. The van der Waals surface area contributed by atoms with Crippen molar-refractivity contribution >= 4 is 11.6 Å². The van der Waals surface area contributed by atoms with Crippen molar-refractivity contribution < 1.29 is 0 Å². The number of hydrogen-bond acceptors (Lipinski definition) is 4. The van der Waals surface area contributed by atoms with Gasteiger partial charge < -0.3 is 11.1 Å². The molecule has 3 aromatic rings. The minimum Gasteiger partial charge on any atom is -0.326 e. The fourth-order valence-corrected chi connectivity index (χ4v) is 2.54. The first-order chi connectivity index (χ1) is 11.2. The first-order valence-corrected chi connectivity index (χ1v) is 7.63. The Morgan fingerprint density at radius 3 is 2.65 bits per heavy atom. The number of nitrogens with zero attached hydrogens (tertiary/aromatic N) is 2. The van der Waals surface area contributed by atoms with Gasteiger partial charge in [-0.05, 0) is 42.7 Å². The van der Waals surface area contributed by atoms with Gasteiger partial charge >= 0.3 is 0 Å². The minimum absolute atomic E-state index is 0.472. The average Bonchev–Trinajstić information content (AvgIpc) is 2.58. The van der Waals surface area contributed by atoms with E-state index in [1.807, 2.05) is 30.3 Å². The summed E-state index contributed by atoms with van der Waals surface area (Å²) < 4.78 is 0. The van der Waals surface area contributed by atoms with Gasteiger partial charge in [0.2, 0.25) is 5.95 Å². The molecule has 0 amide bonds. The van der Waals surface area contributed by atoms with Crippen LogP contribution in [0, 0.1) is 13.8 Å². The van der Waals surface area contributed by atoms with Crippen LogP contribution in [0.4, 0.5) is 11.6 Å². The Bertz CT molecular complexity index is 827. The van der Waals surface area contributed by atoms with Crippen LogP contribution in [0.2, 0.25) is 0 Å². The van der Waals surface area contributed by atoms with Gasteiger partial charge in [-0.15, -0.1) is 0 Å². The van der Waals surface area contributed by atoms with Gasteiger partial charge in [-0.2, -0.15) is 0 Å². The minimum atomic E-state index is 0.472. The molecule has 1 heterocycles. The van der Waals surface area contributed by atoms with E-state index >= 15 is 0 Å². The van der Waals surface area contributed by atoms with Gasteiger partial charge in [0.1, 0.15) is 0 Å². The van der Waals surface area contributed by atoms with Gasteiger partial charge in [0, 0.05) is 24.0 Å². The Kier molecular flexibility index (Phi) is 4.35. The molecule has 0 aliphatic rings. The average molecular weight is 304 g/mol. The highest BCUT2D eigenvalue weighted by Gasteiger charge is 2.08. The molecule has 0 radical (unpaired) electrons. The van der Waals surface area contributed by atoms with Crippen LogP contribution in [0.5, 0.6) is 0 Å². The Balaban J connectivity index is 1.96. The molecule has 1 aromatic heterocycles. The van der Waals surface area contributed by atoms with E-state index in [4.69, 9.17) is 5.73 Å². The van der Waals surface area contributed by atoms with E-state index in [2.05, 4.69) is 47.3 Å². The van der Waals surface area contributed by atoms with Crippen LogP contribution in [0.3, 0.4) is 0 Å². The second kappa shape index (κ2) is 6.58. The standard InChI is InChI=1S/C19H20N4/c1-13-6-5-8-16(14(13)2)18-10-11-21-19(23-18)22-17-9-4-3-7-15(17)12-20/h3-11H,12,20H2,1-2H3,(H,21,22,23). The summed E-state index contributed by atoms with van der Waals surface area (Å²) in [5.74, 6) is 0.573. The lowest BCUT2D eigenvalue weighted by atomic mass is 10.0. The largest absolute Gasteiger partial charge is 0.326 e. The van der Waals surface area contributed by atoms with E-state index in [0.29, 0.717) is 12.5 Å². The fraction of sp³-hybridized carbons (Fsp3) is 0.158. The Hall–Kier alpha value is -2.72. The van der Waals surface area contributed by atoms with Gasteiger partial charge in [-0.1, -0.05) is 36.4 Å². The van der Waals surface area contributed by atoms with Crippen LogP contribution in [-0.2, 0) is 6.54 Å². The number of aromatic nitrogens is 2. The molecule has 4 nitrogen and oxygen atoms in total. The third-order valence-electron chi connectivity index (χ3n) is 4.02. The van der Waals surface area contributed by atoms with E-state index in [-0.39, 0.29) is 0 Å². The second-order valence-corrected chi connectivity index (χ2v) is 5.50. The van der Waals surface area contributed by atoms with Crippen LogP contribution in [0.25, 0.3) is 11.3 Å². The van der Waals surface area contributed by atoms with E-state index in [0.717, 1.165) is 22.5 Å². The molecule has 0 aliphatic carbocycles. The third-order valence-corrected chi connectivity index (χ3v) is 4.02. The maximum atomic E-state index is 5.78. The number of para-hydroxylation sites is 1. The normalized spacial score (nSPS) is 10.6. The van der Waals surface area contributed by atoms with Crippen LogP contribution < -0.4 is 11.1 Å². The summed E-state index contributed by atoms with van der Waals surface area (Å²) in [5.41, 5.74) is 12.3. The van der Waals surface area contributed by atoms with Gasteiger partial charge in [0.15, 0.2) is 0 Å². The highest BCUT2D eigenvalue weighted by Crippen LogP contribution is 2.25. The van der Waals surface area contributed by atoms with Gasteiger partial charge in [0.25, 0.3) is 0 Å². The van der Waals surface area contributed by atoms with Gasteiger partial charge in [-0.3, -0.25) is 0 Å². The van der Waals surface area contributed by atoms with Crippen molar-refractivity contribution in [3.8, 4) is 11.3 Å². The monoisotopic (exact) mass is 304 g/mol. The summed E-state index contributed by atoms with van der Waals surface area (Å²) in [5, 5.41) is 3.27. The molecule has 0 atom stereocenters. The molecule has 4 heteroatoms. The topological polar surface area (TPSA) is 63.8 Å². The van der Waals surface area contributed by atoms with Crippen LogP contribution >= 0.6 is 0 Å². The molecular formula is C19H20N4. The molecule has 3 N–H and O–H groups in total.